The summed E-state index contributed by atoms with van der Waals surface area (Å²) in [6.45, 7) is 2.24. The molecule has 1 fully saturated rings. The average molecular weight is 161 g/mol. The van der Waals surface area contributed by atoms with E-state index in [0.717, 1.165) is 6.42 Å². The second kappa shape index (κ2) is 2.91. The van der Waals surface area contributed by atoms with Crippen LogP contribution in [0.25, 0.3) is 0 Å². The highest BCUT2D eigenvalue weighted by Crippen LogP contribution is 2.40. The average Bonchev–Trinajstić information content (AvgIpc) is 2.15. The Morgan fingerprint density at radius 1 is 1.25 bits per heavy atom. The SMILES string of the molecule is C[C@@H]1[C@@H](c2ccccc2)C[C@@H]1N. The van der Waals surface area contributed by atoms with Crippen LogP contribution >= 0.6 is 0 Å². The normalized spacial score (nSPS) is 34.3. The zero-order valence-electron chi connectivity index (χ0n) is 7.40. The summed E-state index contributed by atoms with van der Waals surface area (Å²) in [6.07, 6.45) is 1.16. The Morgan fingerprint density at radius 3 is 2.42 bits per heavy atom. The second-order valence-corrected chi connectivity index (χ2v) is 3.78. The monoisotopic (exact) mass is 161 g/mol. The highest BCUT2D eigenvalue weighted by Gasteiger charge is 2.35. The van der Waals surface area contributed by atoms with Crippen LogP contribution in [0.2, 0.25) is 0 Å². The maximum atomic E-state index is 5.85. The predicted octanol–water partition coefficient (Wildman–Crippen LogP) is 2.14. The molecule has 0 aromatic heterocycles. The minimum atomic E-state index is 0.426. The lowest BCUT2D eigenvalue weighted by atomic mass is 9.67. The van der Waals surface area contributed by atoms with Crippen LogP contribution in [-0.4, -0.2) is 6.04 Å². The van der Waals surface area contributed by atoms with Crippen LogP contribution in [0.15, 0.2) is 30.3 Å². The quantitative estimate of drug-likeness (QED) is 0.671. The van der Waals surface area contributed by atoms with Crippen molar-refractivity contribution in [2.45, 2.75) is 25.3 Å². The molecule has 0 amide bonds. The number of benzene rings is 1. The highest BCUT2D eigenvalue weighted by molar-refractivity contribution is 5.23. The molecule has 1 aliphatic carbocycles. The maximum absolute atomic E-state index is 5.85. The molecular weight excluding hydrogens is 146 g/mol. The van der Waals surface area contributed by atoms with Crippen molar-refractivity contribution in [2.24, 2.45) is 11.7 Å². The molecule has 1 aromatic rings. The largest absolute Gasteiger partial charge is 0.327 e. The maximum Gasteiger partial charge on any atom is 0.00763 e. The van der Waals surface area contributed by atoms with Crippen LogP contribution in [-0.2, 0) is 0 Å². The molecule has 0 heterocycles. The molecule has 0 bridgehead atoms. The van der Waals surface area contributed by atoms with E-state index in [1.165, 1.54) is 5.56 Å². The van der Waals surface area contributed by atoms with Gasteiger partial charge in [0.2, 0.25) is 0 Å². The summed E-state index contributed by atoms with van der Waals surface area (Å²) < 4.78 is 0. The van der Waals surface area contributed by atoms with Gasteiger partial charge in [0.25, 0.3) is 0 Å². The van der Waals surface area contributed by atoms with E-state index >= 15 is 0 Å². The van der Waals surface area contributed by atoms with Gasteiger partial charge in [0.15, 0.2) is 0 Å². The lowest BCUT2D eigenvalue weighted by Crippen LogP contribution is -2.44. The molecule has 1 saturated carbocycles. The summed E-state index contributed by atoms with van der Waals surface area (Å²) >= 11 is 0. The van der Waals surface area contributed by atoms with E-state index in [1.807, 2.05) is 0 Å². The van der Waals surface area contributed by atoms with Gasteiger partial charge in [0.05, 0.1) is 0 Å². The Bertz CT molecular complexity index is 255. The summed E-state index contributed by atoms with van der Waals surface area (Å²) in [4.78, 5) is 0. The van der Waals surface area contributed by atoms with E-state index in [-0.39, 0.29) is 0 Å². The fourth-order valence-corrected chi connectivity index (χ4v) is 1.96. The molecule has 2 N–H and O–H groups in total. The Labute approximate surface area is 73.6 Å². The highest BCUT2D eigenvalue weighted by atomic mass is 14.7. The lowest BCUT2D eigenvalue weighted by molar-refractivity contribution is 0.226. The molecule has 12 heavy (non-hydrogen) atoms. The molecule has 64 valence electrons. The van der Waals surface area contributed by atoms with Gasteiger partial charge >= 0.3 is 0 Å². The molecule has 0 spiro atoms. The van der Waals surface area contributed by atoms with Crippen LogP contribution in [0.1, 0.15) is 24.8 Å². The van der Waals surface area contributed by atoms with E-state index < -0.39 is 0 Å². The van der Waals surface area contributed by atoms with Gasteiger partial charge in [-0.05, 0) is 23.8 Å². The van der Waals surface area contributed by atoms with Crippen molar-refractivity contribution in [3.05, 3.63) is 35.9 Å². The lowest BCUT2D eigenvalue weighted by Gasteiger charge is -2.40. The predicted molar refractivity (Wildman–Crippen MR) is 50.9 cm³/mol. The number of nitrogens with two attached hydrogens (primary N) is 1. The van der Waals surface area contributed by atoms with Crippen molar-refractivity contribution in [3.63, 3.8) is 0 Å². The van der Waals surface area contributed by atoms with Crippen molar-refractivity contribution in [2.75, 3.05) is 0 Å². The summed E-state index contributed by atoms with van der Waals surface area (Å²) in [5.41, 5.74) is 7.30. The molecule has 1 nitrogen and oxygen atoms in total. The van der Waals surface area contributed by atoms with Crippen molar-refractivity contribution < 1.29 is 0 Å². The second-order valence-electron chi connectivity index (χ2n) is 3.78. The molecule has 1 aliphatic rings. The first-order chi connectivity index (χ1) is 5.79. The van der Waals surface area contributed by atoms with Crippen LogP contribution in [0, 0.1) is 5.92 Å². The fourth-order valence-electron chi connectivity index (χ4n) is 1.96. The molecule has 0 aliphatic heterocycles. The summed E-state index contributed by atoms with van der Waals surface area (Å²) in [5, 5.41) is 0. The van der Waals surface area contributed by atoms with Gasteiger partial charge in [0.1, 0.15) is 0 Å². The number of hydrogen-bond donors (Lipinski definition) is 1. The summed E-state index contributed by atoms with van der Waals surface area (Å²) in [7, 11) is 0. The van der Waals surface area contributed by atoms with E-state index in [4.69, 9.17) is 5.73 Å². The van der Waals surface area contributed by atoms with E-state index in [0.29, 0.717) is 17.9 Å². The van der Waals surface area contributed by atoms with Gasteiger partial charge in [-0.15, -0.1) is 0 Å². The van der Waals surface area contributed by atoms with Crippen LogP contribution < -0.4 is 5.73 Å². The molecule has 1 aromatic carbocycles. The third kappa shape index (κ3) is 1.14. The van der Waals surface area contributed by atoms with Gasteiger partial charge in [0, 0.05) is 6.04 Å². The first-order valence-corrected chi connectivity index (χ1v) is 4.59. The van der Waals surface area contributed by atoms with Crippen LogP contribution in [0.5, 0.6) is 0 Å². The molecule has 2 rings (SSSR count). The third-order valence-electron chi connectivity index (χ3n) is 3.06. The zero-order valence-corrected chi connectivity index (χ0v) is 7.40. The third-order valence-corrected chi connectivity index (χ3v) is 3.06. The smallest absolute Gasteiger partial charge is 0.00763 e. The summed E-state index contributed by atoms with van der Waals surface area (Å²) in [5.74, 6) is 1.37. The van der Waals surface area contributed by atoms with Gasteiger partial charge < -0.3 is 5.73 Å². The number of rotatable bonds is 1. The fraction of sp³-hybridized carbons (Fsp3) is 0.455. The van der Waals surface area contributed by atoms with Crippen LogP contribution in [0.3, 0.4) is 0 Å². The van der Waals surface area contributed by atoms with E-state index in [2.05, 4.69) is 37.3 Å². The van der Waals surface area contributed by atoms with Crippen LogP contribution in [0.4, 0.5) is 0 Å². The minimum Gasteiger partial charge on any atom is -0.327 e. The molecule has 0 radical (unpaired) electrons. The molecule has 3 atom stereocenters. The Balaban J connectivity index is 2.13. The first-order valence-electron chi connectivity index (χ1n) is 4.59. The van der Waals surface area contributed by atoms with Gasteiger partial charge in [-0.1, -0.05) is 37.3 Å². The van der Waals surface area contributed by atoms with Gasteiger partial charge in [-0.2, -0.15) is 0 Å². The van der Waals surface area contributed by atoms with Gasteiger partial charge in [-0.25, -0.2) is 0 Å². The molecule has 1 heteroatoms. The Kier molecular flexibility index (Phi) is 1.89. The Morgan fingerprint density at radius 2 is 1.92 bits per heavy atom. The van der Waals surface area contributed by atoms with E-state index in [1.54, 1.807) is 0 Å². The summed E-state index contributed by atoms with van der Waals surface area (Å²) in [6, 6.07) is 11.1. The topological polar surface area (TPSA) is 26.0 Å². The van der Waals surface area contributed by atoms with Crippen molar-refractivity contribution in [1.82, 2.24) is 0 Å². The minimum absolute atomic E-state index is 0.426. The number of hydrogen-bond acceptors (Lipinski definition) is 1. The van der Waals surface area contributed by atoms with Crippen molar-refractivity contribution in [3.8, 4) is 0 Å². The molecule has 0 saturated heterocycles. The molecular formula is C11H15N. The van der Waals surface area contributed by atoms with Crippen molar-refractivity contribution in [1.29, 1.82) is 0 Å². The molecule has 0 unspecified atom stereocenters. The standard InChI is InChI=1S/C11H15N/c1-8-10(7-11(8)12)9-5-3-2-4-6-9/h2-6,8,10-11H,7,12H2,1H3/t8-,10+,11+/m1/s1. The van der Waals surface area contributed by atoms with Crippen molar-refractivity contribution >= 4 is 0 Å². The van der Waals surface area contributed by atoms with Gasteiger partial charge in [-0.3, -0.25) is 0 Å². The first kappa shape index (κ1) is 7.81. The zero-order chi connectivity index (χ0) is 8.55. The Hall–Kier alpha value is -0.820. The van der Waals surface area contributed by atoms with E-state index in [9.17, 15) is 0 Å².